The molecule has 2 N–H and O–H groups in total. The minimum absolute atomic E-state index is 0.0739. The topological polar surface area (TPSA) is 83.5 Å². The first-order chi connectivity index (χ1) is 14.9. The van der Waals surface area contributed by atoms with Gasteiger partial charge in [0.05, 0.1) is 12.0 Å². The van der Waals surface area contributed by atoms with E-state index in [1.165, 1.54) is 5.56 Å². The molecule has 0 radical (unpaired) electrons. The van der Waals surface area contributed by atoms with Gasteiger partial charge in [-0.25, -0.2) is 0 Å². The van der Waals surface area contributed by atoms with Gasteiger partial charge >= 0.3 is 0 Å². The van der Waals surface area contributed by atoms with Crippen LogP contribution in [0, 0.1) is 6.92 Å². The van der Waals surface area contributed by atoms with E-state index in [-0.39, 0.29) is 18.1 Å². The van der Waals surface area contributed by atoms with Gasteiger partial charge in [-0.2, -0.15) is 0 Å². The van der Waals surface area contributed by atoms with E-state index in [1.807, 2.05) is 77.1 Å². The lowest BCUT2D eigenvalue weighted by Gasteiger charge is -2.28. The summed E-state index contributed by atoms with van der Waals surface area (Å²) in [6, 6.07) is 18.3. The minimum atomic E-state index is -1.07. The van der Waals surface area contributed by atoms with E-state index < -0.39 is 16.2 Å². The number of ketones is 1. The van der Waals surface area contributed by atoms with Crippen molar-refractivity contribution in [2.75, 3.05) is 25.2 Å². The molecule has 0 spiro atoms. The molecule has 2 rings (SSSR count). The highest BCUT2D eigenvalue weighted by Gasteiger charge is 2.33. The van der Waals surface area contributed by atoms with Crippen molar-refractivity contribution in [2.45, 2.75) is 45.6 Å². The van der Waals surface area contributed by atoms with E-state index in [0.29, 0.717) is 18.6 Å². The molecule has 0 amide bonds. The summed E-state index contributed by atoms with van der Waals surface area (Å²) in [5.41, 5.74) is 2.85. The number of aryl methyl sites for hydroxylation is 1. The van der Waals surface area contributed by atoms with Gasteiger partial charge in [-0.15, -0.1) is 0 Å². The van der Waals surface area contributed by atoms with Gasteiger partial charge in [0, 0.05) is 35.3 Å². The van der Waals surface area contributed by atoms with E-state index in [9.17, 15) is 9.00 Å². The van der Waals surface area contributed by atoms with Gasteiger partial charge in [0.15, 0.2) is 0 Å². The third-order valence-corrected chi connectivity index (χ3v) is 6.26. The van der Waals surface area contributed by atoms with Crippen LogP contribution < -0.4 is 5.32 Å². The Labute approximate surface area is 189 Å². The number of carbonyl (C=O) groups excluding carboxylic acids is 2. The summed E-state index contributed by atoms with van der Waals surface area (Å²) in [4.78, 5) is 20.4. The summed E-state index contributed by atoms with van der Waals surface area (Å²) in [7, 11) is 0.885. The summed E-state index contributed by atoms with van der Waals surface area (Å²) in [5.74, 6) is 0.894. The molecule has 0 aliphatic carbocycles. The number of hydrogen-bond donors (Lipinski definition) is 2. The first-order valence-corrected chi connectivity index (χ1v) is 11.9. The molecule has 0 aliphatic rings. The standard InChI is InChI=1S/C16H24O3S.C8H11N.CH2O/c1-4-15(18)16(3,8-10-20(19)11-9-17)14-7-5-6-13(2)12-14;1-9-7-8-5-3-2-4-6-8;1-2/h5-7,12,17H,4,8-11H2,1-3H3;2-6,9H,7H2,1H3;1H2. The van der Waals surface area contributed by atoms with E-state index in [4.69, 9.17) is 9.90 Å². The Morgan fingerprint density at radius 3 is 2.26 bits per heavy atom. The molecule has 5 nitrogen and oxygen atoms in total. The van der Waals surface area contributed by atoms with Crippen LogP contribution in [0.2, 0.25) is 0 Å². The van der Waals surface area contributed by atoms with Gasteiger partial charge in [0.25, 0.3) is 0 Å². The number of carbonyl (C=O) groups is 2. The maximum absolute atomic E-state index is 12.4. The Hall–Kier alpha value is -2.15. The van der Waals surface area contributed by atoms with Crippen LogP contribution in [-0.4, -0.2) is 47.0 Å². The van der Waals surface area contributed by atoms with Crippen LogP contribution in [0.15, 0.2) is 54.6 Å². The lowest BCUT2D eigenvalue weighted by Crippen LogP contribution is -2.34. The van der Waals surface area contributed by atoms with Crippen molar-refractivity contribution in [3.05, 3.63) is 71.3 Å². The molecule has 6 heteroatoms. The summed E-state index contributed by atoms with van der Waals surface area (Å²) in [6.45, 7) is 8.69. The summed E-state index contributed by atoms with van der Waals surface area (Å²) >= 11 is 0. The van der Waals surface area contributed by atoms with Gasteiger partial charge < -0.3 is 15.2 Å². The minimum Gasteiger partial charge on any atom is -0.395 e. The lowest BCUT2D eigenvalue weighted by molar-refractivity contribution is -0.123. The van der Waals surface area contributed by atoms with Gasteiger partial charge in [-0.3, -0.25) is 9.00 Å². The van der Waals surface area contributed by atoms with Gasteiger partial charge in [-0.1, -0.05) is 67.1 Å². The van der Waals surface area contributed by atoms with E-state index in [2.05, 4.69) is 17.4 Å². The molecule has 0 fully saturated rings. The quantitative estimate of drug-likeness (QED) is 0.582. The summed E-state index contributed by atoms with van der Waals surface area (Å²) in [6.07, 6.45) is 1.02. The Bertz CT molecular complexity index is 782. The fourth-order valence-corrected chi connectivity index (χ4v) is 4.19. The maximum Gasteiger partial charge on any atom is 0.142 e. The van der Waals surface area contributed by atoms with E-state index in [1.54, 1.807) is 0 Å². The van der Waals surface area contributed by atoms with Crippen molar-refractivity contribution in [3.63, 3.8) is 0 Å². The zero-order valence-electron chi connectivity index (χ0n) is 19.2. The first-order valence-electron chi connectivity index (χ1n) is 10.4. The normalized spacial score (nSPS) is 12.9. The second-order valence-electron chi connectivity index (χ2n) is 7.32. The number of benzene rings is 2. The third kappa shape index (κ3) is 10.6. The molecule has 0 saturated carbocycles. The van der Waals surface area contributed by atoms with Crippen molar-refractivity contribution in [1.29, 1.82) is 0 Å². The van der Waals surface area contributed by atoms with Crippen molar-refractivity contribution < 1.29 is 18.9 Å². The second kappa shape index (κ2) is 16.5. The SMILES string of the molecule is C=O.CCC(=O)C(C)(CCS(=O)CCO)c1cccc(C)c1.CNCc1ccccc1. The maximum atomic E-state index is 12.4. The number of rotatable bonds is 10. The average Bonchev–Trinajstić information content (AvgIpc) is 2.80. The second-order valence-corrected chi connectivity index (χ2v) is 9.01. The van der Waals surface area contributed by atoms with Crippen LogP contribution >= 0.6 is 0 Å². The number of nitrogens with one attached hydrogen (secondary N) is 1. The Morgan fingerprint density at radius 1 is 1.10 bits per heavy atom. The van der Waals surface area contributed by atoms with Crippen molar-refractivity contribution in [2.24, 2.45) is 0 Å². The monoisotopic (exact) mass is 447 g/mol. The largest absolute Gasteiger partial charge is 0.395 e. The molecule has 2 aromatic carbocycles. The van der Waals surface area contributed by atoms with Crippen molar-refractivity contribution in [1.82, 2.24) is 5.32 Å². The predicted molar refractivity (Wildman–Crippen MR) is 130 cm³/mol. The average molecular weight is 448 g/mol. The molecule has 2 unspecified atom stereocenters. The lowest BCUT2D eigenvalue weighted by atomic mass is 9.75. The van der Waals surface area contributed by atoms with Gasteiger partial charge in [-0.05, 0) is 38.4 Å². The fourth-order valence-electron chi connectivity index (χ4n) is 3.15. The zero-order chi connectivity index (χ0) is 23.7. The number of aliphatic hydroxyl groups excluding tert-OH is 1. The Kier molecular flexibility index (Phi) is 15.4. The number of Topliss-reactive ketones (excluding diaryl/α,β-unsaturated/α-hetero) is 1. The smallest absolute Gasteiger partial charge is 0.142 e. The molecule has 172 valence electrons. The highest BCUT2D eigenvalue weighted by molar-refractivity contribution is 7.84. The molecule has 0 heterocycles. The summed E-state index contributed by atoms with van der Waals surface area (Å²) in [5, 5.41) is 11.9. The van der Waals surface area contributed by atoms with Crippen LogP contribution in [0.4, 0.5) is 0 Å². The number of aliphatic hydroxyl groups is 1. The van der Waals surface area contributed by atoms with Crippen LogP contribution in [-0.2, 0) is 32.3 Å². The highest BCUT2D eigenvalue weighted by atomic mass is 32.2. The molecule has 31 heavy (non-hydrogen) atoms. The van der Waals surface area contributed by atoms with E-state index >= 15 is 0 Å². The van der Waals surface area contributed by atoms with Crippen molar-refractivity contribution >= 4 is 23.4 Å². The van der Waals surface area contributed by atoms with Crippen LogP contribution in [0.1, 0.15) is 43.4 Å². The van der Waals surface area contributed by atoms with Crippen LogP contribution in [0.3, 0.4) is 0 Å². The summed E-state index contributed by atoms with van der Waals surface area (Å²) < 4.78 is 11.7. The van der Waals surface area contributed by atoms with Crippen LogP contribution in [0.5, 0.6) is 0 Å². The third-order valence-electron chi connectivity index (χ3n) is 4.96. The molecule has 2 atom stereocenters. The molecular weight excluding hydrogens is 410 g/mol. The molecule has 0 aromatic heterocycles. The first kappa shape index (κ1) is 28.9. The molecule has 0 saturated heterocycles. The van der Waals surface area contributed by atoms with Gasteiger partial charge in [0.1, 0.15) is 12.6 Å². The molecule has 0 bridgehead atoms. The van der Waals surface area contributed by atoms with E-state index in [0.717, 1.165) is 17.7 Å². The predicted octanol–water partition coefficient (Wildman–Crippen LogP) is 3.58. The van der Waals surface area contributed by atoms with Crippen LogP contribution in [0.25, 0.3) is 0 Å². The van der Waals surface area contributed by atoms with Gasteiger partial charge in [0.2, 0.25) is 0 Å². The molecule has 0 aliphatic heterocycles. The highest BCUT2D eigenvalue weighted by Crippen LogP contribution is 2.31. The van der Waals surface area contributed by atoms with Crippen molar-refractivity contribution in [3.8, 4) is 0 Å². The number of hydrogen-bond acceptors (Lipinski definition) is 5. The Balaban J connectivity index is 0.000000679. The molecular formula is C25H37NO4S. The Morgan fingerprint density at radius 2 is 1.74 bits per heavy atom. The zero-order valence-corrected chi connectivity index (χ0v) is 20.0. The molecule has 2 aromatic rings. The fraction of sp³-hybridized carbons (Fsp3) is 0.440.